The van der Waals surface area contributed by atoms with Gasteiger partial charge in [0.15, 0.2) is 0 Å². The molecule has 1 spiro atoms. The van der Waals surface area contributed by atoms with Crippen molar-refractivity contribution in [3.63, 3.8) is 0 Å². The van der Waals surface area contributed by atoms with Gasteiger partial charge < -0.3 is 20.5 Å². The molecule has 3 N–H and O–H groups in total. The van der Waals surface area contributed by atoms with Gasteiger partial charge in [-0.05, 0) is 30.6 Å². The van der Waals surface area contributed by atoms with Crippen LogP contribution < -0.4 is 5.73 Å². The van der Waals surface area contributed by atoms with Crippen molar-refractivity contribution in [3.8, 4) is 0 Å². The molecule has 150 valence electrons. The Hall–Kier alpha value is -1.89. The van der Waals surface area contributed by atoms with Gasteiger partial charge in [-0.2, -0.15) is 0 Å². The summed E-state index contributed by atoms with van der Waals surface area (Å²) in [6.07, 6.45) is 8.67. The van der Waals surface area contributed by atoms with Crippen LogP contribution in [0.1, 0.15) is 51.6 Å². The monoisotopic (exact) mass is 375 g/mol. The molecule has 1 aromatic heterocycles. The van der Waals surface area contributed by atoms with E-state index in [4.69, 9.17) is 5.73 Å². The quantitative estimate of drug-likeness (QED) is 0.789. The molecule has 7 nitrogen and oxygen atoms in total. The van der Waals surface area contributed by atoms with Crippen molar-refractivity contribution in [2.45, 2.75) is 58.4 Å². The van der Waals surface area contributed by atoms with E-state index in [0.717, 1.165) is 64.0 Å². The number of H-pyrrole nitrogens is 1. The van der Waals surface area contributed by atoms with Crippen molar-refractivity contribution < 1.29 is 9.59 Å². The predicted molar refractivity (Wildman–Crippen MR) is 104 cm³/mol. The average molecular weight is 376 g/mol. The summed E-state index contributed by atoms with van der Waals surface area (Å²) in [6.45, 7) is 7.15. The van der Waals surface area contributed by atoms with Gasteiger partial charge in [0, 0.05) is 50.9 Å². The number of imidazole rings is 1. The third kappa shape index (κ3) is 4.51. The molecule has 0 bridgehead atoms. The van der Waals surface area contributed by atoms with Gasteiger partial charge in [-0.1, -0.05) is 20.3 Å². The Morgan fingerprint density at radius 1 is 1.37 bits per heavy atom. The number of nitrogens with zero attached hydrogens (tertiary/aromatic N) is 3. The van der Waals surface area contributed by atoms with Gasteiger partial charge >= 0.3 is 0 Å². The lowest BCUT2D eigenvalue weighted by Crippen LogP contribution is -2.55. The SMILES string of the molecule is CC[C@H](C)[C@H](N)C(=O)N1CCC2(CCC(=O)N(CCc3cnc[nH]3)C2)CC1. The van der Waals surface area contributed by atoms with E-state index < -0.39 is 6.04 Å². The number of carbonyl (C=O) groups excluding carboxylic acids is 2. The second-order valence-electron chi connectivity index (χ2n) is 8.38. The Balaban J connectivity index is 1.55. The van der Waals surface area contributed by atoms with Crippen LogP contribution in [0.4, 0.5) is 0 Å². The molecule has 0 radical (unpaired) electrons. The lowest BCUT2D eigenvalue weighted by atomic mass is 9.72. The number of aromatic nitrogens is 2. The molecule has 0 aliphatic carbocycles. The summed E-state index contributed by atoms with van der Waals surface area (Å²) in [5.41, 5.74) is 7.36. The minimum atomic E-state index is -0.400. The van der Waals surface area contributed by atoms with E-state index in [1.165, 1.54) is 0 Å². The summed E-state index contributed by atoms with van der Waals surface area (Å²) < 4.78 is 0. The van der Waals surface area contributed by atoms with Crippen LogP contribution in [0, 0.1) is 11.3 Å². The summed E-state index contributed by atoms with van der Waals surface area (Å²) in [6, 6.07) is -0.400. The number of aromatic amines is 1. The fraction of sp³-hybridized carbons (Fsp3) is 0.750. The Morgan fingerprint density at radius 2 is 2.11 bits per heavy atom. The summed E-state index contributed by atoms with van der Waals surface area (Å²) in [5.74, 6) is 0.540. The molecule has 1 aromatic rings. The fourth-order valence-corrected chi connectivity index (χ4v) is 4.30. The smallest absolute Gasteiger partial charge is 0.239 e. The zero-order valence-electron chi connectivity index (χ0n) is 16.6. The predicted octanol–water partition coefficient (Wildman–Crippen LogP) is 1.56. The molecular weight excluding hydrogens is 342 g/mol. The maximum Gasteiger partial charge on any atom is 0.239 e. The summed E-state index contributed by atoms with van der Waals surface area (Å²) in [5, 5.41) is 0. The van der Waals surface area contributed by atoms with Crippen LogP contribution in [0.5, 0.6) is 0 Å². The molecule has 3 rings (SSSR count). The lowest BCUT2D eigenvalue weighted by molar-refractivity contribution is -0.143. The Morgan fingerprint density at radius 3 is 2.74 bits per heavy atom. The molecule has 2 fully saturated rings. The van der Waals surface area contributed by atoms with E-state index in [1.54, 1.807) is 6.33 Å². The van der Waals surface area contributed by atoms with Crippen molar-refractivity contribution in [1.82, 2.24) is 19.8 Å². The van der Waals surface area contributed by atoms with Gasteiger partial charge in [0.05, 0.1) is 12.4 Å². The largest absolute Gasteiger partial charge is 0.348 e. The number of amides is 2. The fourth-order valence-electron chi connectivity index (χ4n) is 4.30. The number of hydrogen-bond acceptors (Lipinski definition) is 4. The molecule has 27 heavy (non-hydrogen) atoms. The first-order valence-electron chi connectivity index (χ1n) is 10.2. The highest BCUT2D eigenvalue weighted by molar-refractivity contribution is 5.82. The number of rotatable bonds is 6. The van der Waals surface area contributed by atoms with E-state index in [9.17, 15) is 9.59 Å². The number of nitrogens with one attached hydrogen (secondary N) is 1. The van der Waals surface area contributed by atoms with Crippen molar-refractivity contribution in [2.75, 3.05) is 26.2 Å². The van der Waals surface area contributed by atoms with Crippen LogP contribution in [0.25, 0.3) is 0 Å². The highest BCUT2D eigenvalue weighted by Crippen LogP contribution is 2.40. The number of carbonyl (C=O) groups is 2. The normalized spacial score (nSPS) is 22.1. The van der Waals surface area contributed by atoms with Crippen LogP contribution in [0.2, 0.25) is 0 Å². The van der Waals surface area contributed by atoms with Crippen LogP contribution in [0.3, 0.4) is 0 Å². The number of likely N-dealkylation sites (tertiary alicyclic amines) is 2. The van der Waals surface area contributed by atoms with Gasteiger partial charge in [0.2, 0.25) is 11.8 Å². The standard InChI is InChI=1S/C20H33N5O2/c1-3-15(2)18(21)19(27)24-10-7-20(8-11-24)6-4-17(26)25(13-20)9-5-16-12-22-14-23-16/h12,14-15,18H,3-11,13,21H2,1-2H3,(H,22,23)/t15-,18-/m0/s1. The first kappa shape index (κ1) is 19.9. The zero-order valence-corrected chi connectivity index (χ0v) is 16.6. The van der Waals surface area contributed by atoms with Crippen LogP contribution in [0.15, 0.2) is 12.5 Å². The Kier molecular flexibility index (Phi) is 6.19. The van der Waals surface area contributed by atoms with E-state index in [-0.39, 0.29) is 23.1 Å². The molecule has 3 heterocycles. The minimum absolute atomic E-state index is 0.0854. The second-order valence-corrected chi connectivity index (χ2v) is 8.38. The van der Waals surface area contributed by atoms with Gasteiger partial charge in [-0.3, -0.25) is 9.59 Å². The van der Waals surface area contributed by atoms with Crippen molar-refractivity contribution >= 4 is 11.8 Å². The van der Waals surface area contributed by atoms with Gasteiger partial charge in [0.1, 0.15) is 0 Å². The third-order valence-corrected chi connectivity index (χ3v) is 6.63. The first-order chi connectivity index (χ1) is 12.9. The molecule has 2 aliphatic rings. The summed E-state index contributed by atoms with van der Waals surface area (Å²) in [4.78, 5) is 36.1. The molecule has 0 aromatic carbocycles. The maximum absolute atomic E-state index is 12.6. The Bertz CT molecular complexity index is 637. The third-order valence-electron chi connectivity index (χ3n) is 6.63. The van der Waals surface area contributed by atoms with E-state index in [1.807, 2.05) is 22.9 Å². The van der Waals surface area contributed by atoms with Gasteiger partial charge in [-0.15, -0.1) is 0 Å². The van der Waals surface area contributed by atoms with E-state index >= 15 is 0 Å². The highest BCUT2D eigenvalue weighted by atomic mass is 16.2. The highest BCUT2D eigenvalue weighted by Gasteiger charge is 2.42. The topological polar surface area (TPSA) is 95.3 Å². The number of piperidine rings is 2. The van der Waals surface area contributed by atoms with Crippen molar-refractivity contribution in [1.29, 1.82) is 0 Å². The van der Waals surface area contributed by atoms with Crippen molar-refractivity contribution in [3.05, 3.63) is 18.2 Å². The maximum atomic E-state index is 12.6. The van der Waals surface area contributed by atoms with Crippen LogP contribution in [-0.2, 0) is 16.0 Å². The molecule has 2 amide bonds. The molecule has 0 saturated carbocycles. The molecule has 7 heteroatoms. The Labute approximate surface area is 161 Å². The van der Waals surface area contributed by atoms with E-state index in [0.29, 0.717) is 6.42 Å². The molecule has 2 atom stereocenters. The minimum Gasteiger partial charge on any atom is -0.348 e. The van der Waals surface area contributed by atoms with Crippen LogP contribution >= 0.6 is 0 Å². The molecular formula is C20H33N5O2. The first-order valence-corrected chi connectivity index (χ1v) is 10.2. The molecule has 2 aliphatic heterocycles. The van der Waals surface area contributed by atoms with Gasteiger partial charge in [-0.25, -0.2) is 4.98 Å². The number of hydrogen-bond donors (Lipinski definition) is 2. The number of nitrogens with two attached hydrogens (primary N) is 1. The average Bonchev–Trinajstić information content (AvgIpc) is 3.21. The van der Waals surface area contributed by atoms with Crippen LogP contribution in [-0.4, -0.2) is 63.8 Å². The molecule has 0 unspecified atom stereocenters. The lowest BCUT2D eigenvalue weighted by Gasteiger charge is -2.48. The van der Waals surface area contributed by atoms with Gasteiger partial charge in [0.25, 0.3) is 0 Å². The zero-order chi connectivity index (χ0) is 19.4. The van der Waals surface area contributed by atoms with Crippen molar-refractivity contribution in [2.24, 2.45) is 17.1 Å². The molecule has 2 saturated heterocycles. The second kappa shape index (κ2) is 8.42. The summed E-state index contributed by atoms with van der Waals surface area (Å²) >= 11 is 0. The summed E-state index contributed by atoms with van der Waals surface area (Å²) in [7, 11) is 0. The van der Waals surface area contributed by atoms with E-state index in [2.05, 4.69) is 16.9 Å².